The van der Waals surface area contributed by atoms with Gasteiger partial charge < -0.3 is 19.7 Å². The van der Waals surface area contributed by atoms with Crippen LogP contribution in [0.15, 0.2) is 65.7 Å². The quantitative estimate of drug-likeness (QED) is 0.122. The van der Waals surface area contributed by atoms with E-state index in [0.717, 1.165) is 33.1 Å². The number of alkyl halides is 4. The number of rotatable bonds is 12. The van der Waals surface area contributed by atoms with Crippen LogP contribution < -0.4 is 5.32 Å². The number of nitrogens with one attached hydrogen (secondary N) is 1. The Morgan fingerprint density at radius 2 is 1.29 bits per heavy atom. The summed E-state index contributed by atoms with van der Waals surface area (Å²) in [7, 11) is 2.19. The lowest BCUT2D eigenvalue weighted by molar-refractivity contribution is -0.146. The number of ether oxygens (including phenoxy) is 2. The van der Waals surface area contributed by atoms with Crippen LogP contribution in [-0.2, 0) is 36.7 Å². The van der Waals surface area contributed by atoms with Crippen molar-refractivity contribution in [1.82, 2.24) is 10.2 Å². The monoisotopic (exact) mass is 677 g/mol. The van der Waals surface area contributed by atoms with Crippen LogP contribution in [0.1, 0.15) is 62.5 Å². The molecule has 1 heterocycles. The number of nitrogens with zero attached hydrogens (tertiary/aromatic N) is 2. The Labute approximate surface area is 278 Å². The van der Waals surface area contributed by atoms with E-state index in [0.29, 0.717) is 29.6 Å². The van der Waals surface area contributed by atoms with E-state index in [1.165, 1.54) is 25.7 Å². The molecule has 1 saturated heterocycles. The molecule has 1 spiro atoms. The summed E-state index contributed by atoms with van der Waals surface area (Å²) in [5.74, 6) is -8.14. The third-order valence-corrected chi connectivity index (χ3v) is 8.85. The van der Waals surface area contributed by atoms with E-state index >= 15 is 0 Å². The summed E-state index contributed by atoms with van der Waals surface area (Å²) >= 11 is 0. The average molecular weight is 678 g/mol. The first-order valence-electron chi connectivity index (χ1n) is 15.9. The summed E-state index contributed by atoms with van der Waals surface area (Å²) in [5.41, 5.74) is 1.26. The number of carbonyl (C=O) groups is 3. The SMILES string of the molecule is COC(=O)C(CC(F)(F)Cc1ccccc1)N=C=O.COC(=O)[C@H](CC(F)(F)Cc1ccccc1)NC(=O)N1CCC2(CCCC2)CC1. The van der Waals surface area contributed by atoms with Crippen molar-refractivity contribution in [2.75, 3.05) is 27.3 Å². The molecule has 2 atom stereocenters. The normalized spacial score (nSPS) is 16.8. The van der Waals surface area contributed by atoms with Crippen LogP contribution in [-0.4, -0.2) is 80.2 Å². The summed E-state index contributed by atoms with van der Waals surface area (Å²) < 4.78 is 65.7. The number of amides is 2. The van der Waals surface area contributed by atoms with Gasteiger partial charge in [0.05, 0.1) is 14.2 Å². The molecular weight excluding hydrogens is 634 g/mol. The maximum absolute atomic E-state index is 14.6. The van der Waals surface area contributed by atoms with Crippen molar-refractivity contribution >= 4 is 24.0 Å². The number of hydrogen-bond acceptors (Lipinski definition) is 7. The molecule has 0 bridgehead atoms. The minimum atomic E-state index is -3.17. The zero-order chi connectivity index (χ0) is 35.2. The highest BCUT2D eigenvalue weighted by molar-refractivity contribution is 5.83. The molecule has 1 N–H and O–H groups in total. The van der Waals surface area contributed by atoms with Crippen molar-refractivity contribution in [1.29, 1.82) is 0 Å². The van der Waals surface area contributed by atoms with Crippen molar-refractivity contribution in [3.05, 3.63) is 71.8 Å². The number of urea groups is 1. The number of carbonyl (C=O) groups excluding carboxylic acids is 4. The van der Waals surface area contributed by atoms with Gasteiger partial charge in [0.1, 0.15) is 6.04 Å². The average Bonchev–Trinajstić information content (AvgIpc) is 3.51. The Bertz CT molecular complexity index is 1370. The van der Waals surface area contributed by atoms with Gasteiger partial charge in [-0.15, -0.1) is 0 Å². The molecule has 262 valence electrons. The number of halogens is 4. The number of aliphatic imine (C=N–C) groups is 1. The van der Waals surface area contributed by atoms with E-state index in [1.807, 2.05) is 0 Å². The summed E-state index contributed by atoms with van der Waals surface area (Å²) in [6.45, 7) is 1.19. The zero-order valence-corrected chi connectivity index (χ0v) is 27.3. The molecule has 2 aromatic carbocycles. The van der Waals surface area contributed by atoms with E-state index < -0.39 is 67.6 Å². The highest BCUT2D eigenvalue weighted by Crippen LogP contribution is 2.46. The van der Waals surface area contributed by atoms with Crippen LogP contribution in [0, 0.1) is 5.41 Å². The van der Waals surface area contributed by atoms with Crippen LogP contribution in [0.5, 0.6) is 0 Å². The van der Waals surface area contributed by atoms with Crippen LogP contribution in [0.2, 0.25) is 0 Å². The molecule has 2 aromatic rings. The van der Waals surface area contributed by atoms with E-state index in [9.17, 15) is 36.7 Å². The molecule has 0 radical (unpaired) electrons. The van der Waals surface area contributed by atoms with E-state index in [4.69, 9.17) is 0 Å². The van der Waals surface area contributed by atoms with Gasteiger partial charge in [-0.1, -0.05) is 73.5 Å². The fraction of sp³-hybridized carbons (Fsp3) is 0.543. The highest BCUT2D eigenvalue weighted by Gasteiger charge is 2.41. The lowest BCUT2D eigenvalue weighted by Crippen LogP contribution is -2.53. The van der Waals surface area contributed by atoms with Crippen LogP contribution in [0.4, 0.5) is 22.4 Å². The van der Waals surface area contributed by atoms with Crippen molar-refractivity contribution in [3.63, 3.8) is 0 Å². The predicted molar refractivity (Wildman–Crippen MR) is 169 cm³/mol. The number of piperidine rings is 1. The molecule has 4 rings (SSSR count). The molecule has 1 unspecified atom stereocenters. The first kappa shape index (κ1) is 38.2. The van der Waals surface area contributed by atoms with Crippen molar-refractivity contribution < 1.29 is 46.2 Å². The smallest absolute Gasteiger partial charge is 0.331 e. The Morgan fingerprint density at radius 1 is 0.812 bits per heavy atom. The number of benzene rings is 2. The van der Waals surface area contributed by atoms with E-state index in [1.54, 1.807) is 65.6 Å². The predicted octanol–water partition coefficient (Wildman–Crippen LogP) is 6.29. The maximum atomic E-state index is 14.6. The first-order valence-corrected chi connectivity index (χ1v) is 15.9. The molecule has 2 amide bonds. The Morgan fingerprint density at radius 3 is 1.75 bits per heavy atom. The number of isocyanates is 1. The number of methoxy groups -OCH3 is 2. The lowest BCUT2D eigenvalue weighted by Gasteiger charge is -2.39. The molecule has 2 fully saturated rings. The standard InChI is InChI=1S/C22H30F2N2O3.C13H13F2NO3/c1-29-19(27)18(16-22(23,24)15-17-7-3-2-4-8-17)25-20(28)26-13-11-21(12-14-26)9-5-6-10-21;1-19-12(18)11(16-9-17)8-13(14,15)7-10-5-3-2-4-6-10/h2-4,7-8,18H,5-6,9-16H2,1H3,(H,25,28);2-6,11H,7-8H2,1H3/t18-;/m0./s1. The molecule has 13 heteroatoms. The number of likely N-dealkylation sites (tertiary alicyclic amines) is 1. The van der Waals surface area contributed by atoms with Gasteiger partial charge in [0.15, 0.2) is 6.04 Å². The van der Waals surface area contributed by atoms with Crippen LogP contribution in [0.3, 0.4) is 0 Å². The Kier molecular flexibility index (Phi) is 14.1. The van der Waals surface area contributed by atoms with E-state index in [-0.39, 0.29) is 0 Å². The van der Waals surface area contributed by atoms with Gasteiger partial charge in [-0.3, -0.25) is 0 Å². The minimum Gasteiger partial charge on any atom is -0.467 e. The van der Waals surface area contributed by atoms with Gasteiger partial charge in [-0.05, 0) is 42.2 Å². The molecule has 1 aliphatic heterocycles. The van der Waals surface area contributed by atoms with Gasteiger partial charge in [0.25, 0.3) is 11.8 Å². The second-order valence-corrected chi connectivity index (χ2v) is 12.4. The summed E-state index contributed by atoms with van der Waals surface area (Å²) in [6.07, 6.45) is 5.18. The Balaban J connectivity index is 0.000000286. The van der Waals surface area contributed by atoms with Gasteiger partial charge in [0.2, 0.25) is 6.08 Å². The number of esters is 2. The Hall–Kier alpha value is -4.25. The van der Waals surface area contributed by atoms with Gasteiger partial charge in [-0.2, -0.15) is 4.99 Å². The summed E-state index contributed by atoms with van der Waals surface area (Å²) in [6, 6.07) is 13.1. The fourth-order valence-corrected chi connectivity index (χ4v) is 6.28. The molecule has 0 aromatic heterocycles. The van der Waals surface area contributed by atoms with Crippen LogP contribution >= 0.6 is 0 Å². The molecule has 48 heavy (non-hydrogen) atoms. The second kappa shape index (κ2) is 17.8. The minimum absolute atomic E-state index is 0.348. The third-order valence-electron chi connectivity index (χ3n) is 8.85. The van der Waals surface area contributed by atoms with Crippen molar-refractivity contribution in [3.8, 4) is 0 Å². The highest BCUT2D eigenvalue weighted by atomic mass is 19.3. The largest absolute Gasteiger partial charge is 0.467 e. The maximum Gasteiger partial charge on any atom is 0.331 e. The lowest BCUT2D eigenvalue weighted by atomic mass is 9.77. The molecule has 9 nitrogen and oxygen atoms in total. The summed E-state index contributed by atoms with van der Waals surface area (Å²) in [4.78, 5) is 50.7. The summed E-state index contributed by atoms with van der Waals surface area (Å²) in [5, 5.41) is 2.49. The third kappa shape index (κ3) is 12.1. The van der Waals surface area contributed by atoms with Gasteiger partial charge >= 0.3 is 18.0 Å². The molecular formula is C35H43F4N3O6. The molecule has 1 aliphatic carbocycles. The van der Waals surface area contributed by atoms with E-state index in [2.05, 4.69) is 19.8 Å². The topological polar surface area (TPSA) is 114 Å². The number of hydrogen-bond donors (Lipinski definition) is 1. The molecule has 2 aliphatic rings. The van der Waals surface area contributed by atoms with Crippen molar-refractivity contribution in [2.45, 2.75) is 88.1 Å². The second-order valence-electron chi connectivity index (χ2n) is 12.4. The zero-order valence-electron chi connectivity index (χ0n) is 27.3. The van der Waals surface area contributed by atoms with Crippen LogP contribution in [0.25, 0.3) is 0 Å². The molecule has 1 saturated carbocycles. The van der Waals surface area contributed by atoms with Gasteiger partial charge in [-0.25, -0.2) is 36.7 Å². The first-order chi connectivity index (χ1) is 22.8. The van der Waals surface area contributed by atoms with Gasteiger partial charge in [0, 0.05) is 38.8 Å². The fourth-order valence-electron chi connectivity index (χ4n) is 6.28. The van der Waals surface area contributed by atoms with Crippen molar-refractivity contribution in [2.24, 2.45) is 10.4 Å².